The van der Waals surface area contributed by atoms with Crippen molar-refractivity contribution >= 4 is 5.78 Å². The van der Waals surface area contributed by atoms with E-state index < -0.39 is 5.79 Å². The Morgan fingerprint density at radius 2 is 2.00 bits per heavy atom. The molecule has 2 aliphatic carbocycles. The molecule has 94 valence electrons. The van der Waals surface area contributed by atoms with Gasteiger partial charge in [0.15, 0.2) is 11.6 Å². The molecule has 1 aliphatic heterocycles. The van der Waals surface area contributed by atoms with Crippen molar-refractivity contribution in [2.45, 2.75) is 38.9 Å². The van der Waals surface area contributed by atoms with Gasteiger partial charge in [-0.2, -0.15) is 0 Å². The van der Waals surface area contributed by atoms with Crippen LogP contribution in [-0.4, -0.2) is 24.8 Å². The number of ketones is 1. The van der Waals surface area contributed by atoms with Gasteiger partial charge in [-0.15, -0.1) is 0 Å². The summed E-state index contributed by atoms with van der Waals surface area (Å²) >= 11 is 0. The molecule has 0 N–H and O–H groups in total. The molecule has 2 fully saturated rings. The van der Waals surface area contributed by atoms with Gasteiger partial charge < -0.3 is 9.47 Å². The highest BCUT2D eigenvalue weighted by molar-refractivity contribution is 5.92. The van der Waals surface area contributed by atoms with Gasteiger partial charge in [0.05, 0.1) is 13.2 Å². The van der Waals surface area contributed by atoms with E-state index in [4.69, 9.17) is 9.47 Å². The Labute approximate surface area is 102 Å². The van der Waals surface area contributed by atoms with E-state index in [2.05, 4.69) is 19.9 Å². The van der Waals surface area contributed by atoms with Gasteiger partial charge in [0.1, 0.15) is 0 Å². The number of rotatable bonds is 0. The zero-order chi connectivity index (χ0) is 12.1. The summed E-state index contributed by atoms with van der Waals surface area (Å²) in [7, 11) is 0. The molecular weight excluding hydrogens is 216 g/mol. The number of carbonyl (C=O) groups excluding carboxylic acids is 1. The molecule has 1 saturated carbocycles. The third-order valence-electron chi connectivity index (χ3n) is 4.44. The minimum Gasteiger partial charge on any atom is -0.347 e. The maximum atomic E-state index is 12.1. The van der Waals surface area contributed by atoms with Crippen LogP contribution in [0.1, 0.15) is 33.1 Å². The summed E-state index contributed by atoms with van der Waals surface area (Å²) in [6, 6.07) is 0. The molecule has 2 atom stereocenters. The summed E-state index contributed by atoms with van der Waals surface area (Å²) in [6.07, 6.45) is 6.58. The van der Waals surface area contributed by atoms with Crippen molar-refractivity contribution in [3.63, 3.8) is 0 Å². The van der Waals surface area contributed by atoms with Crippen LogP contribution in [0.4, 0.5) is 0 Å². The van der Waals surface area contributed by atoms with Crippen molar-refractivity contribution in [1.29, 1.82) is 0 Å². The van der Waals surface area contributed by atoms with E-state index in [-0.39, 0.29) is 23.0 Å². The first-order chi connectivity index (χ1) is 8.03. The van der Waals surface area contributed by atoms with Crippen LogP contribution in [0, 0.1) is 17.3 Å². The fourth-order valence-electron chi connectivity index (χ4n) is 3.58. The lowest BCUT2D eigenvalue weighted by atomic mass is 9.78. The second-order valence-corrected chi connectivity index (χ2v) is 6.19. The fourth-order valence-corrected chi connectivity index (χ4v) is 3.58. The second-order valence-electron chi connectivity index (χ2n) is 6.19. The summed E-state index contributed by atoms with van der Waals surface area (Å²) in [6.45, 7) is 5.71. The average Bonchev–Trinajstić information content (AvgIpc) is 2.84. The van der Waals surface area contributed by atoms with E-state index >= 15 is 0 Å². The molecule has 1 heterocycles. The van der Waals surface area contributed by atoms with Crippen molar-refractivity contribution in [2.24, 2.45) is 17.3 Å². The molecule has 0 aromatic heterocycles. The third kappa shape index (κ3) is 1.76. The second kappa shape index (κ2) is 3.66. The standard InChI is InChI=1S/C14H20O3/c1-13(2)5-4-12(15)10-3-6-14(11(10)9-13)16-7-8-17-14/h4-5,10-11H,3,6-9H2,1-2H3. The number of carbonyl (C=O) groups is 1. The van der Waals surface area contributed by atoms with Crippen LogP contribution in [0.5, 0.6) is 0 Å². The average molecular weight is 236 g/mol. The van der Waals surface area contributed by atoms with E-state index in [9.17, 15) is 4.79 Å². The van der Waals surface area contributed by atoms with Crippen LogP contribution < -0.4 is 0 Å². The Balaban J connectivity index is 1.95. The zero-order valence-corrected chi connectivity index (χ0v) is 10.6. The van der Waals surface area contributed by atoms with Crippen LogP contribution in [0.3, 0.4) is 0 Å². The zero-order valence-electron chi connectivity index (χ0n) is 10.6. The van der Waals surface area contributed by atoms with Gasteiger partial charge in [-0.3, -0.25) is 4.79 Å². The molecule has 3 rings (SSSR count). The molecule has 3 heteroatoms. The fraction of sp³-hybridized carbons (Fsp3) is 0.786. The Hall–Kier alpha value is -0.670. The molecular formula is C14H20O3. The SMILES string of the molecule is CC1(C)C=CC(=O)C2CCC3(OCCO3)C2C1. The monoisotopic (exact) mass is 236 g/mol. The van der Waals surface area contributed by atoms with Gasteiger partial charge in [-0.05, 0) is 24.3 Å². The Morgan fingerprint density at radius 1 is 1.29 bits per heavy atom. The maximum Gasteiger partial charge on any atom is 0.172 e. The van der Waals surface area contributed by atoms with Crippen molar-refractivity contribution in [1.82, 2.24) is 0 Å². The van der Waals surface area contributed by atoms with Gasteiger partial charge in [-0.1, -0.05) is 19.9 Å². The van der Waals surface area contributed by atoms with E-state index in [1.807, 2.05) is 0 Å². The molecule has 2 unspecified atom stereocenters. The first kappa shape index (κ1) is 11.4. The lowest BCUT2D eigenvalue weighted by Gasteiger charge is -2.34. The van der Waals surface area contributed by atoms with E-state index in [0.717, 1.165) is 19.3 Å². The van der Waals surface area contributed by atoms with E-state index in [1.165, 1.54) is 0 Å². The van der Waals surface area contributed by atoms with Crippen LogP contribution in [-0.2, 0) is 14.3 Å². The van der Waals surface area contributed by atoms with Crippen LogP contribution >= 0.6 is 0 Å². The summed E-state index contributed by atoms with van der Waals surface area (Å²) in [5.41, 5.74) is 0.0573. The highest BCUT2D eigenvalue weighted by Gasteiger charge is 2.55. The molecule has 17 heavy (non-hydrogen) atoms. The normalized spacial score (nSPS) is 38.4. The molecule has 3 aliphatic rings. The molecule has 3 nitrogen and oxygen atoms in total. The Kier molecular flexibility index (Phi) is 2.46. The van der Waals surface area contributed by atoms with Crippen molar-refractivity contribution in [3.8, 4) is 0 Å². The molecule has 0 bridgehead atoms. The lowest BCUT2D eigenvalue weighted by Crippen LogP contribution is -2.39. The predicted octanol–water partition coefficient (Wildman–Crippen LogP) is 2.31. The van der Waals surface area contributed by atoms with Crippen LogP contribution in [0.25, 0.3) is 0 Å². The molecule has 0 amide bonds. The number of ether oxygens (including phenoxy) is 2. The predicted molar refractivity (Wildman–Crippen MR) is 63.4 cm³/mol. The van der Waals surface area contributed by atoms with Crippen molar-refractivity contribution in [2.75, 3.05) is 13.2 Å². The van der Waals surface area contributed by atoms with Gasteiger partial charge >= 0.3 is 0 Å². The number of hydrogen-bond acceptors (Lipinski definition) is 3. The molecule has 1 spiro atoms. The third-order valence-corrected chi connectivity index (χ3v) is 4.44. The number of fused-ring (bicyclic) bond motifs is 2. The first-order valence-corrected chi connectivity index (χ1v) is 6.53. The first-order valence-electron chi connectivity index (χ1n) is 6.53. The minimum atomic E-state index is -0.455. The lowest BCUT2D eigenvalue weighted by molar-refractivity contribution is -0.191. The van der Waals surface area contributed by atoms with Gasteiger partial charge in [0, 0.05) is 18.3 Å². The smallest absolute Gasteiger partial charge is 0.172 e. The molecule has 1 saturated heterocycles. The summed E-state index contributed by atoms with van der Waals surface area (Å²) in [5.74, 6) is 0.133. The maximum absolute atomic E-state index is 12.1. The highest BCUT2D eigenvalue weighted by atomic mass is 16.7. The van der Waals surface area contributed by atoms with E-state index in [0.29, 0.717) is 13.2 Å². The quantitative estimate of drug-likeness (QED) is 0.647. The molecule has 0 radical (unpaired) electrons. The summed E-state index contributed by atoms with van der Waals surface area (Å²) in [4.78, 5) is 12.1. The van der Waals surface area contributed by atoms with Crippen molar-refractivity contribution in [3.05, 3.63) is 12.2 Å². The van der Waals surface area contributed by atoms with Crippen molar-refractivity contribution < 1.29 is 14.3 Å². The summed E-state index contributed by atoms with van der Waals surface area (Å²) < 4.78 is 11.7. The topological polar surface area (TPSA) is 35.5 Å². The molecule has 0 aromatic rings. The number of hydrogen-bond donors (Lipinski definition) is 0. The van der Waals surface area contributed by atoms with Crippen LogP contribution in [0.2, 0.25) is 0 Å². The highest BCUT2D eigenvalue weighted by Crippen LogP contribution is 2.52. The van der Waals surface area contributed by atoms with E-state index in [1.54, 1.807) is 6.08 Å². The van der Waals surface area contributed by atoms with Crippen LogP contribution in [0.15, 0.2) is 12.2 Å². The minimum absolute atomic E-state index is 0.0573. The van der Waals surface area contributed by atoms with Gasteiger partial charge in [-0.25, -0.2) is 0 Å². The van der Waals surface area contributed by atoms with Gasteiger partial charge in [0.2, 0.25) is 0 Å². The Morgan fingerprint density at radius 3 is 2.71 bits per heavy atom. The summed E-state index contributed by atoms with van der Waals surface area (Å²) in [5, 5.41) is 0. The Bertz CT molecular complexity index is 364. The largest absolute Gasteiger partial charge is 0.347 e. The van der Waals surface area contributed by atoms with Gasteiger partial charge in [0.25, 0.3) is 0 Å². The molecule has 0 aromatic carbocycles. The number of allylic oxidation sites excluding steroid dienone is 2.